The molecule has 0 heterocycles. The van der Waals surface area contributed by atoms with Crippen LogP contribution in [0, 0.1) is 0 Å². The van der Waals surface area contributed by atoms with Crippen molar-refractivity contribution in [3.8, 4) is 0 Å². The summed E-state index contributed by atoms with van der Waals surface area (Å²) in [4.78, 5) is 24.4. The number of hydrogen-bond donors (Lipinski definition) is 1. The van der Waals surface area contributed by atoms with Crippen molar-refractivity contribution in [3.05, 3.63) is 54.1 Å². The molecule has 10 nitrogen and oxygen atoms in total. The SMILES string of the molecule is CCN(CC)S(=O)(=O)c1ccc(NC(=O)COC(=O)c2cccc(S(=O)(=O)N(C)C)c2)cc1. The number of nitrogens with one attached hydrogen (secondary N) is 1. The molecule has 2 rings (SSSR count). The topological polar surface area (TPSA) is 130 Å². The molecule has 0 bridgehead atoms. The Bertz CT molecular complexity index is 1200. The summed E-state index contributed by atoms with van der Waals surface area (Å²) < 4.78 is 56.7. The van der Waals surface area contributed by atoms with Gasteiger partial charge in [0.05, 0.1) is 15.4 Å². The van der Waals surface area contributed by atoms with Gasteiger partial charge < -0.3 is 10.1 Å². The van der Waals surface area contributed by atoms with Crippen LogP contribution in [0.25, 0.3) is 0 Å². The lowest BCUT2D eigenvalue weighted by molar-refractivity contribution is -0.119. The normalized spacial score (nSPS) is 12.1. The van der Waals surface area contributed by atoms with Gasteiger partial charge in [0.1, 0.15) is 0 Å². The van der Waals surface area contributed by atoms with E-state index >= 15 is 0 Å². The molecular weight excluding hydrogens is 470 g/mol. The summed E-state index contributed by atoms with van der Waals surface area (Å²) in [5.41, 5.74) is 0.310. The first-order valence-corrected chi connectivity index (χ1v) is 12.9. The van der Waals surface area contributed by atoms with Gasteiger partial charge in [-0.15, -0.1) is 0 Å². The van der Waals surface area contributed by atoms with Gasteiger partial charge in [-0.25, -0.2) is 25.9 Å². The predicted molar refractivity (Wildman–Crippen MR) is 123 cm³/mol. The van der Waals surface area contributed by atoms with Gasteiger partial charge in [-0.05, 0) is 42.5 Å². The molecule has 0 radical (unpaired) electrons. The van der Waals surface area contributed by atoms with E-state index in [1.54, 1.807) is 13.8 Å². The fourth-order valence-corrected chi connectivity index (χ4v) is 5.23. The van der Waals surface area contributed by atoms with E-state index < -0.39 is 38.5 Å². The summed E-state index contributed by atoms with van der Waals surface area (Å²) in [5.74, 6) is -1.50. The monoisotopic (exact) mass is 497 g/mol. The quantitative estimate of drug-likeness (QED) is 0.495. The zero-order chi connectivity index (χ0) is 24.8. The molecule has 2 aromatic rings. The molecule has 0 aromatic heterocycles. The van der Waals surface area contributed by atoms with Gasteiger partial charge in [-0.1, -0.05) is 19.9 Å². The molecule has 0 aliphatic carbocycles. The van der Waals surface area contributed by atoms with Crippen LogP contribution in [-0.4, -0.2) is 71.1 Å². The molecule has 0 atom stereocenters. The van der Waals surface area contributed by atoms with Crippen LogP contribution in [0.2, 0.25) is 0 Å². The molecule has 0 spiro atoms. The van der Waals surface area contributed by atoms with E-state index in [1.807, 2.05) is 0 Å². The largest absolute Gasteiger partial charge is 0.452 e. The third kappa shape index (κ3) is 6.38. The van der Waals surface area contributed by atoms with Crippen molar-refractivity contribution < 1.29 is 31.2 Å². The minimum Gasteiger partial charge on any atom is -0.452 e. The first-order chi connectivity index (χ1) is 15.4. The second-order valence-corrected chi connectivity index (χ2v) is 11.1. The minimum atomic E-state index is -3.73. The standard InChI is InChI=1S/C21H27N3O7S2/c1-5-24(6-2)33(29,30)18-12-10-17(11-13-18)22-20(25)15-31-21(26)16-8-7-9-19(14-16)32(27,28)23(3)4/h7-14H,5-6,15H2,1-4H3,(H,22,25). The highest BCUT2D eigenvalue weighted by molar-refractivity contribution is 7.89. The summed E-state index contributed by atoms with van der Waals surface area (Å²) in [6, 6.07) is 10.9. The van der Waals surface area contributed by atoms with Crippen molar-refractivity contribution in [1.82, 2.24) is 8.61 Å². The molecule has 1 N–H and O–H groups in total. The number of rotatable bonds is 10. The number of anilines is 1. The molecule has 180 valence electrons. The lowest BCUT2D eigenvalue weighted by Crippen LogP contribution is -2.30. The Morgan fingerprint density at radius 2 is 1.48 bits per heavy atom. The Morgan fingerprint density at radius 3 is 2.03 bits per heavy atom. The zero-order valence-electron chi connectivity index (χ0n) is 18.8. The first kappa shape index (κ1) is 26.5. The summed E-state index contributed by atoms with van der Waals surface area (Å²) in [6.07, 6.45) is 0. The van der Waals surface area contributed by atoms with E-state index in [0.717, 1.165) is 4.31 Å². The molecule has 1 amide bonds. The van der Waals surface area contributed by atoms with Crippen molar-refractivity contribution in [1.29, 1.82) is 0 Å². The average Bonchev–Trinajstić information content (AvgIpc) is 2.78. The van der Waals surface area contributed by atoms with Crippen LogP contribution < -0.4 is 5.32 Å². The van der Waals surface area contributed by atoms with E-state index in [0.29, 0.717) is 18.8 Å². The zero-order valence-corrected chi connectivity index (χ0v) is 20.4. The number of hydrogen-bond acceptors (Lipinski definition) is 7. The van der Waals surface area contributed by atoms with Gasteiger partial charge in [-0.3, -0.25) is 4.79 Å². The third-order valence-corrected chi connectivity index (χ3v) is 8.54. The van der Waals surface area contributed by atoms with E-state index in [4.69, 9.17) is 4.74 Å². The Balaban J connectivity index is 2.00. The highest BCUT2D eigenvalue weighted by atomic mass is 32.2. The number of nitrogens with zero attached hydrogens (tertiary/aromatic N) is 2. The van der Waals surface area contributed by atoms with Gasteiger partial charge >= 0.3 is 5.97 Å². The molecule has 0 aliphatic heterocycles. The van der Waals surface area contributed by atoms with E-state index in [1.165, 1.54) is 66.9 Å². The molecule has 2 aromatic carbocycles. The van der Waals surface area contributed by atoms with Gasteiger partial charge in [0, 0.05) is 32.9 Å². The molecule has 0 aliphatic rings. The second-order valence-electron chi connectivity index (χ2n) is 7.05. The fraction of sp³-hybridized carbons (Fsp3) is 0.333. The molecule has 0 unspecified atom stereocenters. The first-order valence-electron chi connectivity index (χ1n) is 10.0. The van der Waals surface area contributed by atoms with E-state index in [9.17, 15) is 26.4 Å². The number of benzene rings is 2. The van der Waals surface area contributed by atoms with Crippen LogP contribution in [0.3, 0.4) is 0 Å². The predicted octanol–water partition coefficient (Wildman–Crippen LogP) is 1.76. The van der Waals surface area contributed by atoms with Crippen LogP contribution in [-0.2, 0) is 29.6 Å². The van der Waals surface area contributed by atoms with E-state index in [-0.39, 0.29) is 15.4 Å². The van der Waals surface area contributed by atoms with Crippen LogP contribution >= 0.6 is 0 Å². The van der Waals surface area contributed by atoms with Gasteiger partial charge in [0.25, 0.3) is 5.91 Å². The lowest BCUT2D eigenvalue weighted by atomic mass is 10.2. The fourth-order valence-electron chi connectivity index (χ4n) is 2.83. The Labute approximate surface area is 194 Å². The Hall–Kier alpha value is -2.80. The summed E-state index contributed by atoms with van der Waals surface area (Å²) in [7, 11) is -4.60. The maximum Gasteiger partial charge on any atom is 0.338 e. The summed E-state index contributed by atoms with van der Waals surface area (Å²) >= 11 is 0. The van der Waals surface area contributed by atoms with Crippen molar-refractivity contribution in [2.24, 2.45) is 0 Å². The molecule has 0 saturated carbocycles. The van der Waals surface area contributed by atoms with Crippen molar-refractivity contribution >= 4 is 37.6 Å². The number of esters is 1. The Morgan fingerprint density at radius 1 is 0.879 bits per heavy atom. The molecule has 33 heavy (non-hydrogen) atoms. The Kier molecular flexibility index (Phi) is 8.72. The highest BCUT2D eigenvalue weighted by Crippen LogP contribution is 2.19. The molecule has 12 heteroatoms. The lowest BCUT2D eigenvalue weighted by Gasteiger charge is -2.18. The third-order valence-electron chi connectivity index (χ3n) is 4.66. The van der Waals surface area contributed by atoms with Gasteiger partial charge in [-0.2, -0.15) is 4.31 Å². The van der Waals surface area contributed by atoms with E-state index in [2.05, 4.69) is 5.32 Å². The number of amides is 1. The van der Waals surface area contributed by atoms with Crippen LogP contribution in [0.5, 0.6) is 0 Å². The van der Waals surface area contributed by atoms with Crippen LogP contribution in [0.1, 0.15) is 24.2 Å². The number of sulfonamides is 2. The summed E-state index contributed by atoms with van der Waals surface area (Å²) in [5, 5.41) is 2.51. The van der Waals surface area contributed by atoms with Crippen LogP contribution in [0.15, 0.2) is 58.3 Å². The maximum atomic E-state index is 12.5. The maximum absolute atomic E-state index is 12.5. The van der Waals surface area contributed by atoms with Crippen molar-refractivity contribution in [3.63, 3.8) is 0 Å². The number of carbonyl (C=O) groups is 2. The highest BCUT2D eigenvalue weighted by Gasteiger charge is 2.22. The summed E-state index contributed by atoms with van der Waals surface area (Å²) in [6.45, 7) is 3.56. The van der Waals surface area contributed by atoms with Gasteiger partial charge in [0.15, 0.2) is 6.61 Å². The van der Waals surface area contributed by atoms with Crippen LogP contribution in [0.4, 0.5) is 5.69 Å². The molecule has 0 saturated heterocycles. The van der Waals surface area contributed by atoms with Crippen molar-refractivity contribution in [2.45, 2.75) is 23.6 Å². The molecule has 0 fully saturated rings. The van der Waals surface area contributed by atoms with Gasteiger partial charge in [0.2, 0.25) is 20.0 Å². The smallest absolute Gasteiger partial charge is 0.338 e. The van der Waals surface area contributed by atoms with Crippen molar-refractivity contribution in [2.75, 3.05) is 39.1 Å². The number of ether oxygens (including phenoxy) is 1. The number of carbonyl (C=O) groups excluding carboxylic acids is 2. The average molecular weight is 498 g/mol. The molecular formula is C21H27N3O7S2. The second kappa shape index (κ2) is 10.9. The minimum absolute atomic E-state index is 0.0170.